The van der Waals surface area contributed by atoms with Gasteiger partial charge in [0.05, 0.1) is 17.1 Å². The largest absolute Gasteiger partial charge is 0.493 e. The Morgan fingerprint density at radius 3 is 2.60 bits per heavy atom. The summed E-state index contributed by atoms with van der Waals surface area (Å²) in [6.07, 6.45) is 4.63. The summed E-state index contributed by atoms with van der Waals surface area (Å²) in [5.41, 5.74) is 12.3. The molecule has 0 spiro atoms. The van der Waals surface area contributed by atoms with Gasteiger partial charge in [0.15, 0.2) is 0 Å². The molecular formula is C35H41N3OS. The number of fused-ring (bicyclic) bond motifs is 6. The summed E-state index contributed by atoms with van der Waals surface area (Å²) in [6.45, 7) is 13.1. The van der Waals surface area contributed by atoms with Gasteiger partial charge in [-0.25, -0.2) is 0 Å². The molecule has 6 bridgehead atoms. The van der Waals surface area contributed by atoms with E-state index in [0.717, 1.165) is 57.7 Å². The second-order valence-electron chi connectivity index (χ2n) is 10.1. The summed E-state index contributed by atoms with van der Waals surface area (Å²) in [6, 6.07) is 24.1. The molecule has 0 amide bonds. The fourth-order valence-electron chi connectivity index (χ4n) is 5.12. The van der Waals surface area contributed by atoms with Gasteiger partial charge in [-0.2, -0.15) is 5.10 Å². The summed E-state index contributed by atoms with van der Waals surface area (Å²) in [7, 11) is 0. The first-order chi connectivity index (χ1) is 19.5. The summed E-state index contributed by atoms with van der Waals surface area (Å²) < 4.78 is 6.41. The van der Waals surface area contributed by atoms with Gasteiger partial charge in [0, 0.05) is 35.6 Å². The van der Waals surface area contributed by atoms with E-state index in [1.54, 1.807) is 0 Å². The minimum atomic E-state index is -0.0674. The Hall–Kier alpha value is -3.57. The van der Waals surface area contributed by atoms with Crippen LogP contribution in [0.5, 0.6) is 5.75 Å². The van der Waals surface area contributed by atoms with Crippen molar-refractivity contribution in [2.75, 3.05) is 6.61 Å². The van der Waals surface area contributed by atoms with E-state index in [4.69, 9.17) is 22.1 Å². The third-order valence-corrected chi connectivity index (χ3v) is 8.10. The molecule has 0 fully saturated rings. The number of hydrogen-bond acceptors (Lipinski definition) is 4. The first-order valence-electron chi connectivity index (χ1n) is 14.6. The van der Waals surface area contributed by atoms with Crippen LogP contribution in [0.2, 0.25) is 0 Å². The average molecular weight is 552 g/mol. The lowest BCUT2D eigenvalue weighted by Gasteiger charge is -2.22. The van der Waals surface area contributed by atoms with Crippen molar-refractivity contribution in [2.24, 2.45) is 11.0 Å². The van der Waals surface area contributed by atoms with Gasteiger partial charge in [0.25, 0.3) is 0 Å². The highest BCUT2D eigenvalue weighted by atomic mass is 32.1. The summed E-state index contributed by atoms with van der Waals surface area (Å²) in [4.78, 5) is 5.45. The SMILES string of the molecule is CC.CCc1ccc2cc1OCCc1cccc(c1)-c1ccnc3ccc(cc13)C2/C(C)=N/NC(=S)C(C)CC. The number of nitrogens with zero attached hydrogens (tertiary/aromatic N) is 2. The van der Waals surface area contributed by atoms with Gasteiger partial charge in [-0.15, -0.1) is 0 Å². The summed E-state index contributed by atoms with van der Waals surface area (Å²) in [5.74, 6) is 1.16. The highest BCUT2D eigenvalue weighted by molar-refractivity contribution is 7.80. The van der Waals surface area contributed by atoms with Crippen LogP contribution in [-0.2, 0) is 12.8 Å². The molecule has 5 heteroatoms. The number of benzene rings is 3. The van der Waals surface area contributed by atoms with Crippen LogP contribution in [0.15, 0.2) is 78.0 Å². The van der Waals surface area contributed by atoms with E-state index >= 15 is 0 Å². The Balaban J connectivity index is 0.00000181. The van der Waals surface area contributed by atoms with Crippen molar-refractivity contribution in [3.63, 3.8) is 0 Å². The maximum absolute atomic E-state index is 6.41. The maximum Gasteiger partial charge on any atom is 0.122 e. The van der Waals surface area contributed by atoms with E-state index in [9.17, 15) is 0 Å². The van der Waals surface area contributed by atoms with Crippen molar-refractivity contribution in [1.29, 1.82) is 0 Å². The molecule has 0 saturated heterocycles. The van der Waals surface area contributed by atoms with Crippen molar-refractivity contribution < 1.29 is 4.74 Å². The second-order valence-corrected chi connectivity index (χ2v) is 10.6. The molecule has 0 aliphatic carbocycles. The van der Waals surface area contributed by atoms with Crippen molar-refractivity contribution in [3.05, 3.63) is 95.2 Å². The zero-order valence-corrected chi connectivity index (χ0v) is 25.4. The fourth-order valence-corrected chi connectivity index (χ4v) is 5.34. The van der Waals surface area contributed by atoms with Crippen LogP contribution in [0.3, 0.4) is 0 Å². The number of ether oxygens (including phenoxy) is 1. The fraction of sp³-hybridized carbons (Fsp3) is 0.343. The van der Waals surface area contributed by atoms with Crippen molar-refractivity contribution in [1.82, 2.24) is 10.4 Å². The molecule has 4 nitrogen and oxygen atoms in total. The minimum absolute atomic E-state index is 0.0674. The van der Waals surface area contributed by atoms with Gasteiger partial charge in [-0.05, 0) is 77.4 Å². The van der Waals surface area contributed by atoms with Crippen LogP contribution < -0.4 is 10.2 Å². The monoisotopic (exact) mass is 551 g/mol. The maximum atomic E-state index is 6.41. The molecule has 2 heterocycles. The number of hydrazone groups is 1. The van der Waals surface area contributed by atoms with Crippen molar-refractivity contribution >= 4 is 33.8 Å². The van der Waals surface area contributed by atoms with Gasteiger partial charge < -0.3 is 4.74 Å². The number of rotatable bonds is 5. The molecule has 1 aromatic heterocycles. The lowest BCUT2D eigenvalue weighted by molar-refractivity contribution is 0.318. The number of hydrogen-bond donors (Lipinski definition) is 1. The highest BCUT2D eigenvalue weighted by Gasteiger charge is 2.22. The zero-order chi connectivity index (χ0) is 28.6. The Labute approximate surface area is 244 Å². The van der Waals surface area contributed by atoms with Gasteiger partial charge in [-0.1, -0.05) is 89.3 Å². The van der Waals surface area contributed by atoms with Crippen LogP contribution in [-0.4, -0.2) is 22.3 Å². The lowest BCUT2D eigenvalue weighted by atomic mass is 9.85. The molecular weight excluding hydrogens is 510 g/mol. The molecule has 4 aromatic rings. The second kappa shape index (κ2) is 13.7. The van der Waals surface area contributed by atoms with Crippen LogP contribution in [0.4, 0.5) is 0 Å². The Kier molecular flexibility index (Phi) is 10.1. The van der Waals surface area contributed by atoms with Crippen molar-refractivity contribution in [2.45, 2.75) is 66.7 Å². The number of pyridine rings is 1. The molecule has 1 aliphatic rings. The Morgan fingerprint density at radius 2 is 1.82 bits per heavy atom. The molecule has 2 unspecified atom stereocenters. The van der Waals surface area contributed by atoms with E-state index in [2.05, 4.69) is 105 Å². The minimum Gasteiger partial charge on any atom is -0.493 e. The van der Waals surface area contributed by atoms with Crippen LogP contribution in [0, 0.1) is 5.92 Å². The molecule has 0 saturated carbocycles. The van der Waals surface area contributed by atoms with Gasteiger partial charge in [0.2, 0.25) is 0 Å². The van der Waals surface area contributed by atoms with Gasteiger partial charge >= 0.3 is 0 Å². The molecule has 0 radical (unpaired) electrons. The number of aryl methyl sites for hydroxylation is 1. The quantitative estimate of drug-likeness (QED) is 0.153. The third-order valence-electron chi connectivity index (χ3n) is 7.61. The van der Waals surface area contributed by atoms with E-state index < -0.39 is 0 Å². The molecule has 1 aliphatic heterocycles. The molecule has 5 rings (SSSR count). The van der Waals surface area contributed by atoms with E-state index in [-0.39, 0.29) is 11.8 Å². The van der Waals surface area contributed by atoms with E-state index in [0.29, 0.717) is 6.61 Å². The first-order valence-corrected chi connectivity index (χ1v) is 15.0. The van der Waals surface area contributed by atoms with Gasteiger partial charge in [0.1, 0.15) is 5.75 Å². The van der Waals surface area contributed by atoms with E-state index in [1.807, 2.05) is 20.0 Å². The smallest absolute Gasteiger partial charge is 0.122 e. The zero-order valence-electron chi connectivity index (χ0n) is 24.6. The first kappa shape index (κ1) is 29.4. The summed E-state index contributed by atoms with van der Waals surface area (Å²) >= 11 is 5.60. The number of aromatic nitrogens is 1. The predicted molar refractivity (Wildman–Crippen MR) is 174 cm³/mol. The Bertz CT molecular complexity index is 1510. The van der Waals surface area contributed by atoms with Crippen LogP contribution in [0.25, 0.3) is 22.0 Å². The average Bonchev–Trinajstić information content (AvgIpc) is 3.00. The topological polar surface area (TPSA) is 46.5 Å². The van der Waals surface area contributed by atoms with Gasteiger partial charge in [-0.3, -0.25) is 10.4 Å². The lowest BCUT2D eigenvalue weighted by Crippen LogP contribution is -2.25. The van der Waals surface area contributed by atoms with E-state index in [1.165, 1.54) is 22.3 Å². The third kappa shape index (κ3) is 6.42. The molecule has 3 aromatic carbocycles. The molecule has 2 atom stereocenters. The number of thiocarbonyl (C=S) groups is 1. The number of nitrogens with one attached hydrogen (secondary N) is 1. The van der Waals surface area contributed by atoms with Crippen LogP contribution >= 0.6 is 12.2 Å². The predicted octanol–water partition coefficient (Wildman–Crippen LogP) is 8.90. The molecule has 1 N–H and O–H groups in total. The highest BCUT2D eigenvalue weighted by Crippen LogP contribution is 2.35. The standard InChI is InChI=1S/C33H35N3OS.C2H6/c1-5-21(3)33(38)36-35-22(4)32-26-12-13-30-29(19-26)28(14-16-34-30)25-9-7-8-23(18-25)15-17-37-31-20-27(32)11-10-24(31)6-2;1-2/h7-14,16,18-21,32H,5-6,15,17H2,1-4H3,(H,36,38);1-2H3/b35-22+;. The Morgan fingerprint density at radius 1 is 1.05 bits per heavy atom. The van der Waals surface area contributed by atoms with Crippen LogP contribution in [0.1, 0.15) is 76.1 Å². The molecule has 208 valence electrons. The summed E-state index contributed by atoms with van der Waals surface area (Å²) in [5, 5.41) is 5.94. The normalized spacial score (nSPS) is 15.3. The molecule has 40 heavy (non-hydrogen) atoms. The van der Waals surface area contributed by atoms with Crippen molar-refractivity contribution in [3.8, 4) is 16.9 Å².